The number of carbonyl (C=O) groups is 3. The van der Waals surface area contributed by atoms with E-state index in [4.69, 9.17) is 5.73 Å². The molecular formula is C25H28N4O5. The van der Waals surface area contributed by atoms with Gasteiger partial charge < -0.3 is 31.5 Å². The molecule has 1 heterocycles. The summed E-state index contributed by atoms with van der Waals surface area (Å²) in [6.45, 7) is 2.13. The van der Waals surface area contributed by atoms with Crippen molar-refractivity contribution in [2.45, 2.75) is 50.6 Å². The van der Waals surface area contributed by atoms with E-state index in [0.29, 0.717) is 12.1 Å². The van der Waals surface area contributed by atoms with Crippen LogP contribution in [0.25, 0.3) is 0 Å². The Morgan fingerprint density at radius 3 is 2.35 bits per heavy atom. The van der Waals surface area contributed by atoms with Gasteiger partial charge in [0.2, 0.25) is 5.91 Å². The molecule has 34 heavy (non-hydrogen) atoms. The number of primary amides is 1. The predicted octanol–water partition coefficient (Wildman–Crippen LogP) is 0.976. The molecular weight excluding hydrogens is 436 g/mol. The third-order valence-corrected chi connectivity index (χ3v) is 6.29. The van der Waals surface area contributed by atoms with Gasteiger partial charge in [-0.15, -0.1) is 0 Å². The Labute approximate surface area is 197 Å². The third-order valence-electron chi connectivity index (χ3n) is 6.29. The number of hydrogen-bond acceptors (Lipinski definition) is 5. The van der Waals surface area contributed by atoms with Crippen molar-refractivity contribution in [1.82, 2.24) is 10.2 Å². The number of fused-ring (bicyclic) bond motifs is 1. The van der Waals surface area contributed by atoms with Crippen LogP contribution in [0.5, 0.6) is 0 Å². The van der Waals surface area contributed by atoms with E-state index in [2.05, 4.69) is 10.6 Å². The van der Waals surface area contributed by atoms with Crippen molar-refractivity contribution in [3.05, 3.63) is 76.9 Å². The van der Waals surface area contributed by atoms with Gasteiger partial charge in [-0.1, -0.05) is 48.0 Å². The first-order chi connectivity index (χ1) is 16.2. The molecule has 9 heteroatoms. The Hall–Kier alpha value is -3.69. The summed E-state index contributed by atoms with van der Waals surface area (Å²) in [5.74, 6) is -1.08. The lowest BCUT2D eigenvalue weighted by Crippen LogP contribution is -2.54. The zero-order chi connectivity index (χ0) is 24.4. The van der Waals surface area contributed by atoms with Gasteiger partial charge in [0.15, 0.2) is 0 Å². The van der Waals surface area contributed by atoms with Gasteiger partial charge in [0, 0.05) is 30.6 Å². The molecule has 0 spiro atoms. The van der Waals surface area contributed by atoms with Crippen molar-refractivity contribution in [3.8, 4) is 0 Å². The molecule has 6 N–H and O–H groups in total. The maximum Gasteiger partial charge on any atom is 0.319 e. The summed E-state index contributed by atoms with van der Waals surface area (Å²) in [5.41, 5.74) is 9.27. The molecule has 0 saturated carbocycles. The molecule has 1 aliphatic carbocycles. The maximum absolute atomic E-state index is 13.4. The number of hydrogen-bond donors (Lipinski definition) is 5. The lowest BCUT2D eigenvalue weighted by atomic mass is 9.88. The lowest BCUT2D eigenvalue weighted by Gasteiger charge is -2.38. The number of nitrogens with two attached hydrogens (primary N) is 1. The number of aliphatic hydroxyl groups excluding tert-OH is 2. The summed E-state index contributed by atoms with van der Waals surface area (Å²) in [6.07, 6.45) is -0.933. The zero-order valence-corrected chi connectivity index (χ0v) is 18.8. The molecule has 1 aliphatic heterocycles. The largest absolute Gasteiger partial charge is 0.390 e. The number of carbonyl (C=O) groups excluding carboxylic acids is 3. The van der Waals surface area contributed by atoms with E-state index in [1.165, 1.54) is 11.0 Å². The van der Waals surface area contributed by atoms with Crippen LogP contribution in [-0.4, -0.2) is 57.3 Å². The molecule has 2 aliphatic rings. The highest BCUT2D eigenvalue weighted by Crippen LogP contribution is 2.28. The number of nitrogens with one attached hydrogen (secondary N) is 2. The molecule has 0 unspecified atom stereocenters. The first-order valence-corrected chi connectivity index (χ1v) is 11.1. The topological polar surface area (TPSA) is 145 Å². The second-order valence-electron chi connectivity index (χ2n) is 8.77. The van der Waals surface area contributed by atoms with Gasteiger partial charge >= 0.3 is 6.03 Å². The molecule has 0 radical (unpaired) electrons. The Kier molecular flexibility index (Phi) is 6.67. The number of amides is 4. The van der Waals surface area contributed by atoms with E-state index in [1.54, 1.807) is 12.1 Å². The van der Waals surface area contributed by atoms with Gasteiger partial charge in [0.1, 0.15) is 12.1 Å². The number of rotatable bonds is 4. The number of aryl methyl sites for hydroxylation is 1. The fourth-order valence-electron chi connectivity index (χ4n) is 4.38. The van der Waals surface area contributed by atoms with Gasteiger partial charge in [-0.2, -0.15) is 0 Å². The van der Waals surface area contributed by atoms with Crippen molar-refractivity contribution in [1.29, 1.82) is 0 Å². The standard InChI is InChI=1S/C25H28N4O5/c1-14-6-8-18(9-7-14)27-25(34)28-19-10-17(12-21(30)22(19)31)24(33)29-13-16-5-3-2-4-15(16)11-20(29)23(26)32/h2-10,19-22,30-31H,11-13H2,1H3,(H2,26,32)(H2,27,28,34)/t19-,20-,21+,22+/m0/s1. The number of anilines is 1. The highest BCUT2D eigenvalue weighted by Gasteiger charge is 2.39. The number of aliphatic hydroxyl groups is 2. The first-order valence-electron chi connectivity index (χ1n) is 11.1. The van der Waals surface area contributed by atoms with Gasteiger partial charge in [-0.3, -0.25) is 9.59 Å². The van der Waals surface area contributed by atoms with Crippen molar-refractivity contribution in [3.63, 3.8) is 0 Å². The van der Waals surface area contributed by atoms with E-state index < -0.39 is 42.1 Å². The number of benzene rings is 2. The fourth-order valence-corrected chi connectivity index (χ4v) is 4.38. The Balaban J connectivity index is 1.53. The molecule has 9 nitrogen and oxygen atoms in total. The van der Waals surface area contributed by atoms with Gasteiger partial charge in [-0.25, -0.2) is 4.79 Å². The Morgan fingerprint density at radius 2 is 1.68 bits per heavy atom. The number of urea groups is 1. The summed E-state index contributed by atoms with van der Waals surface area (Å²) in [6, 6.07) is 12.3. The van der Waals surface area contributed by atoms with Crippen molar-refractivity contribution in [2.75, 3.05) is 5.32 Å². The molecule has 4 amide bonds. The van der Waals surface area contributed by atoms with E-state index in [-0.39, 0.29) is 18.5 Å². The summed E-state index contributed by atoms with van der Waals surface area (Å²) in [4.78, 5) is 39.4. The van der Waals surface area contributed by atoms with Crippen LogP contribution in [-0.2, 0) is 22.6 Å². The van der Waals surface area contributed by atoms with Gasteiger partial charge in [0.25, 0.3) is 5.91 Å². The first kappa shape index (κ1) is 23.5. The van der Waals surface area contributed by atoms with Crippen LogP contribution in [0.4, 0.5) is 10.5 Å². The van der Waals surface area contributed by atoms with Crippen LogP contribution in [0.1, 0.15) is 23.1 Å². The Bertz CT molecular complexity index is 1130. The summed E-state index contributed by atoms with van der Waals surface area (Å²) in [5, 5.41) is 26.1. The fraction of sp³-hybridized carbons (Fsp3) is 0.320. The SMILES string of the molecule is Cc1ccc(NC(=O)N[C@H]2C=C(C(=O)N3Cc4ccccc4C[C@H]3C(N)=O)C[C@@H](O)[C@@H]2O)cc1. The van der Waals surface area contributed by atoms with E-state index >= 15 is 0 Å². The average Bonchev–Trinajstić information content (AvgIpc) is 2.82. The van der Waals surface area contributed by atoms with Gasteiger partial charge in [-0.05, 0) is 30.2 Å². The van der Waals surface area contributed by atoms with E-state index in [0.717, 1.165) is 16.7 Å². The molecule has 4 rings (SSSR count). The monoisotopic (exact) mass is 464 g/mol. The molecule has 0 aromatic heterocycles. The minimum Gasteiger partial charge on any atom is -0.390 e. The molecule has 178 valence electrons. The van der Waals surface area contributed by atoms with Crippen molar-refractivity contribution < 1.29 is 24.6 Å². The molecule has 0 saturated heterocycles. The van der Waals surface area contributed by atoms with Crippen LogP contribution >= 0.6 is 0 Å². The number of nitrogens with zero attached hydrogens (tertiary/aromatic N) is 1. The minimum atomic E-state index is -1.30. The zero-order valence-electron chi connectivity index (χ0n) is 18.8. The predicted molar refractivity (Wildman–Crippen MR) is 126 cm³/mol. The minimum absolute atomic E-state index is 0.110. The van der Waals surface area contributed by atoms with E-state index in [9.17, 15) is 24.6 Å². The summed E-state index contributed by atoms with van der Waals surface area (Å²) >= 11 is 0. The van der Waals surface area contributed by atoms with Crippen LogP contribution in [0.3, 0.4) is 0 Å². The molecule has 0 fully saturated rings. The van der Waals surface area contributed by atoms with Crippen molar-refractivity contribution in [2.24, 2.45) is 5.73 Å². The highest BCUT2D eigenvalue weighted by molar-refractivity contribution is 5.98. The molecule has 2 aromatic carbocycles. The van der Waals surface area contributed by atoms with Crippen LogP contribution in [0.2, 0.25) is 0 Å². The third kappa shape index (κ3) is 4.95. The maximum atomic E-state index is 13.4. The lowest BCUT2D eigenvalue weighted by molar-refractivity contribution is -0.138. The van der Waals surface area contributed by atoms with E-state index in [1.807, 2.05) is 43.3 Å². The quantitative estimate of drug-likeness (QED) is 0.458. The Morgan fingerprint density at radius 1 is 1.00 bits per heavy atom. The average molecular weight is 465 g/mol. The highest BCUT2D eigenvalue weighted by atomic mass is 16.3. The summed E-state index contributed by atoms with van der Waals surface area (Å²) < 4.78 is 0. The van der Waals surface area contributed by atoms with Crippen molar-refractivity contribution >= 4 is 23.5 Å². The normalized spacial score (nSPS) is 24.0. The second-order valence-corrected chi connectivity index (χ2v) is 8.77. The smallest absolute Gasteiger partial charge is 0.319 e. The van der Waals surface area contributed by atoms with Crippen LogP contribution in [0, 0.1) is 6.92 Å². The molecule has 2 aromatic rings. The second kappa shape index (κ2) is 9.66. The molecule has 4 atom stereocenters. The van der Waals surface area contributed by atoms with Gasteiger partial charge in [0.05, 0.1) is 12.1 Å². The summed E-state index contributed by atoms with van der Waals surface area (Å²) in [7, 11) is 0. The molecule has 0 bridgehead atoms. The van der Waals surface area contributed by atoms with Crippen LogP contribution < -0.4 is 16.4 Å². The van der Waals surface area contributed by atoms with Crippen LogP contribution in [0.15, 0.2) is 60.2 Å².